The number of Topliss-reactive ketones (excluding diaryl/α,β-unsaturated/α-hetero) is 1. The number of ketones is 1. The molecule has 0 aliphatic rings. The number of rotatable bonds is 7. The van der Waals surface area contributed by atoms with Crippen LogP contribution in [0.5, 0.6) is 5.75 Å². The van der Waals surface area contributed by atoms with Crippen molar-refractivity contribution in [3.63, 3.8) is 0 Å². The van der Waals surface area contributed by atoms with E-state index in [1.807, 2.05) is 0 Å². The van der Waals surface area contributed by atoms with Crippen LogP contribution >= 0.6 is 11.3 Å². The van der Waals surface area contributed by atoms with Gasteiger partial charge in [0, 0.05) is 23.1 Å². The quantitative estimate of drug-likeness (QED) is 0.533. The minimum Gasteiger partial charge on any atom is -0.484 e. The molecule has 0 aliphatic heterocycles. The van der Waals surface area contributed by atoms with Gasteiger partial charge in [-0.25, -0.2) is 4.98 Å². The fraction of sp³-hybridized carbons (Fsp3) is 0.190. The molecule has 0 fully saturated rings. The maximum absolute atomic E-state index is 12.8. The van der Waals surface area contributed by atoms with Crippen molar-refractivity contribution in [1.82, 2.24) is 4.98 Å². The molecule has 1 N–H and O–H groups in total. The van der Waals surface area contributed by atoms with E-state index < -0.39 is 17.6 Å². The number of carbonyl (C=O) groups excluding carboxylic acids is 2. The number of hydrogen-bond acceptors (Lipinski definition) is 5. The number of carbonyl (C=O) groups is 2. The third kappa shape index (κ3) is 5.90. The molecule has 1 aromatic heterocycles. The first-order valence-electron chi connectivity index (χ1n) is 8.85. The molecule has 30 heavy (non-hydrogen) atoms. The molecule has 0 saturated heterocycles. The molecular weight excluding hydrogens is 417 g/mol. The van der Waals surface area contributed by atoms with Crippen molar-refractivity contribution in [2.24, 2.45) is 0 Å². The van der Waals surface area contributed by atoms with Crippen LogP contribution in [0.15, 0.2) is 54.7 Å². The molecule has 156 valence electrons. The molecule has 0 spiro atoms. The minimum absolute atomic E-state index is 0.0657. The molecule has 0 radical (unpaired) electrons. The lowest BCUT2D eigenvalue weighted by Crippen LogP contribution is -2.20. The third-order valence-corrected chi connectivity index (χ3v) is 4.98. The lowest BCUT2D eigenvalue weighted by Gasteiger charge is -2.08. The lowest BCUT2D eigenvalue weighted by molar-refractivity contribution is -0.137. The summed E-state index contributed by atoms with van der Waals surface area (Å²) in [5.74, 6) is -0.0471. The molecule has 0 aliphatic carbocycles. The first-order valence-corrected chi connectivity index (χ1v) is 9.67. The third-order valence-electron chi connectivity index (χ3n) is 4.06. The largest absolute Gasteiger partial charge is 0.484 e. The van der Waals surface area contributed by atoms with Crippen LogP contribution < -0.4 is 10.1 Å². The first kappa shape index (κ1) is 21.5. The Morgan fingerprint density at radius 3 is 2.53 bits per heavy atom. The van der Waals surface area contributed by atoms with E-state index in [2.05, 4.69) is 10.3 Å². The van der Waals surface area contributed by atoms with Crippen LogP contribution in [-0.2, 0) is 17.4 Å². The van der Waals surface area contributed by atoms with Crippen LogP contribution in [0.3, 0.4) is 0 Å². The number of nitrogens with zero attached hydrogens (tertiary/aromatic N) is 1. The van der Waals surface area contributed by atoms with Crippen LogP contribution in [-0.4, -0.2) is 23.3 Å². The van der Waals surface area contributed by atoms with Crippen molar-refractivity contribution < 1.29 is 27.5 Å². The minimum atomic E-state index is -4.39. The van der Waals surface area contributed by atoms with Gasteiger partial charge in [-0.3, -0.25) is 14.9 Å². The first-order chi connectivity index (χ1) is 14.2. The summed E-state index contributed by atoms with van der Waals surface area (Å²) in [6, 6.07) is 11.5. The Bertz CT molecular complexity index is 1050. The molecule has 3 rings (SSSR count). The highest BCUT2D eigenvalue weighted by Crippen LogP contribution is 2.30. The van der Waals surface area contributed by atoms with E-state index in [1.165, 1.54) is 30.5 Å². The van der Waals surface area contributed by atoms with Gasteiger partial charge in [-0.1, -0.05) is 18.2 Å². The SMILES string of the molecule is CC(=O)c1ccc(OCC(=O)Nc2ncc(Cc3cccc(C(F)(F)F)c3)s2)cc1. The summed E-state index contributed by atoms with van der Waals surface area (Å²) >= 11 is 1.18. The standard InChI is InChI=1S/C21H17F3N2O3S/c1-13(27)15-5-7-17(8-6-15)29-12-19(28)26-20-25-11-18(30-20)10-14-3-2-4-16(9-14)21(22,23)24/h2-9,11H,10,12H2,1H3,(H,25,26,28). The van der Waals surface area contributed by atoms with Gasteiger partial charge in [0.05, 0.1) is 5.56 Å². The van der Waals surface area contributed by atoms with E-state index >= 15 is 0 Å². The highest BCUT2D eigenvalue weighted by Gasteiger charge is 2.30. The predicted molar refractivity (Wildman–Crippen MR) is 107 cm³/mol. The number of amides is 1. The van der Waals surface area contributed by atoms with Crippen LogP contribution in [0, 0.1) is 0 Å². The molecule has 0 bridgehead atoms. The van der Waals surface area contributed by atoms with Crippen molar-refractivity contribution in [3.8, 4) is 5.75 Å². The van der Waals surface area contributed by atoms with Gasteiger partial charge in [0.2, 0.25) is 0 Å². The Labute approximate surface area is 174 Å². The topological polar surface area (TPSA) is 68.3 Å². The van der Waals surface area contributed by atoms with E-state index in [4.69, 9.17) is 4.74 Å². The number of ether oxygens (including phenoxy) is 1. The molecule has 0 unspecified atom stereocenters. The van der Waals surface area contributed by atoms with Gasteiger partial charge in [-0.2, -0.15) is 13.2 Å². The number of anilines is 1. The molecule has 1 amide bonds. The van der Waals surface area contributed by atoms with Crippen LogP contribution in [0.4, 0.5) is 18.3 Å². The van der Waals surface area contributed by atoms with Gasteiger partial charge in [0.25, 0.3) is 5.91 Å². The number of hydrogen-bond donors (Lipinski definition) is 1. The zero-order valence-electron chi connectivity index (χ0n) is 15.8. The Morgan fingerprint density at radius 1 is 1.13 bits per heavy atom. The van der Waals surface area contributed by atoms with Crippen LogP contribution in [0.1, 0.15) is 33.3 Å². The number of nitrogens with one attached hydrogen (secondary N) is 1. The number of alkyl halides is 3. The summed E-state index contributed by atoms with van der Waals surface area (Å²) in [5, 5.41) is 2.92. The van der Waals surface area contributed by atoms with Gasteiger partial charge >= 0.3 is 6.18 Å². The second-order valence-electron chi connectivity index (χ2n) is 6.42. The second-order valence-corrected chi connectivity index (χ2v) is 7.54. The molecule has 0 atom stereocenters. The zero-order valence-corrected chi connectivity index (χ0v) is 16.6. The maximum Gasteiger partial charge on any atom is 0.416 e. The number of halogens is 3. The van der Waals surface area contributed by atoms with Crippen LogP contribution in [0.2, 0.25) is 0 Å². The Hall–Kier alpha value is -3.20. The van der Waals surface area contributed by atoms with E-state index in [1.54, 1.807) is 30.3 Å². The van der Waals surface area contributed by atoms with Gasteiger partial charge in [-0.15, -0.1) is 11.3 Å². The highest BCUT2D eigenvalue weighted by molar-refractivity contribution is 7.15. The number of aromatic nitrogens is 1. The smallest absolute Gasteiger partial charge is 0.416 e. The van der Waals surface area contributed by atoms with E-state index in [-0.39, 0.29) is 18.8 Å². The van der Waals surface area contributed by atoms with Gasteiger partial charge in [-0.05, 0) is 42.8 Å². The monoisotopic (exact) mass is 434 g/mol. The van der Waals surface area contributed by atoms with Gasteiger partial charge < -0.3 is 4.74 Å². The summed E-state index contributed by atoms with van der Waals surface area (Å²) in [4.78, 5) is 28.1. The van der Waals surface area contributed by atoms with Gasteiger partial charge in [0.1, 0.15) is 5.75 Å². The Morgan fingerprint density at radius 2 is 1.87 bits per heavy atom. The van der Waals surface area contributed by atoms with Crippen molar-refractivity contribution in [2.75, 3.05) is 11.9 Å². The summed E-state index contributed by atoms with van der Waals surface area (Å²) < 4.78 is 43.8. The predicted octanol–water partition coefficient (Wildman–Crippen LogP) is 4.97. The van der Waals surface area contributed by atoms with Crippen molar-refractivity contribution >= 4 is 28.2 Å². The fourth-order valence-electron chi connectivity index (χ4n) is 2.60. The maximum atomic E-state index is 12.8. The summed E-state index contributed by atoms with van der Waals surface area (Å²) in [7, 11) is 0. The summed E-state index contributed by atoms with van der Waals surface area (Å²) in [6.45, 7) is 1.21. The fourth-order valence-corrected chi connectivity index (χ4v) is 3.46. The highest BCUT2D eigenvalue weighted by atomic mass is 32.1. The summed E-state index contributed by atoms with van der Waals surface area (Å²) in [5.41, 5.74) is 0.345. The zero-order chi connectivity index (χ0) is 21.7. The molecule has 0 saturated carbocycles. The average Bonchev–Trinajstić information content (AvgIpc) is 3.13. The molecule has 5 nitrogen and oxygen atoms in total. The van der Waals surface area contributed by atoms with Gasteiger partial charge in [0.15, 0.2) is 17.5 Å². The number of benzene rings is 2. The molecule has 1 heterocycles. The van der Waals surface area contributed by atoms with Crippen molar-refractivity contribution in [1.29, 1.82) is 0 Å². The lowest BCUT2D eigenvalue weighted by atomic mass is 10.1. The Balaban J connectivity index is 1.53. The van der Waals surface area contributed by atoms with Crippen molar-refractivity contribution in [2.45, 2.75) is 19.5 Å². The Kier molecular flexibility index (Phi) is 6.51. The molecule has 3 aromatic rings. The average molecular weight is 434 g/mol. The molecular formula is C21H17F3N2O3S. The normalized spacial score (nSPS) is 11.2. The van der Waals surface area contributed by atoms with Crippen molar-refractivity contribution in [3.05, 3.63) is 76.3 Å². The van der Waals surface area contributed by atoms with E-state index in [0.717, 1.165) is 12.1 Å². The summed E-state index contributed by atoms with van der Waals surface area (Å²) in [6.07, 6.45) is -2.60. The second kappa shape index (κ2) is 9.08. The molecule has 2 aromatic carbocycles. The van der Waals surface area contributed by atoms with Crippen LogP contribution in [0.25, 0.3) is 0 Å². The van der Waals surface area contributed by atoms with E-state index in [0.29, 0.717) is 26.9 Å². The molecule has 9 heteroatoms. The van der Waals surface area contributed by atoms with E-state index in [9.17, 15) is 22.8 Å². The number of thiazole rings is 1.